The highest BCUT2D eigenvalue weighted by Gasteiger charge is 2.06. The van der Waals surface area contributed by atoms with Crippen LogP contribution in [0.25, 0.3) is 0 Å². The van der Waals surface area contributed by atoms with E-state index in [0.717, 1.165) is 40.4 Å². The number of aryl methyl sites for hydroxylation is 2. The van der Waals surface area contributed by atoms with Gasteiger partial charge >= 0.3 is 0 Å². The average molecular weight is 385 g/mol. The van der Waals surface area contributed by atoms with Crippen molar-refractivity contribution in [3.8, 4) is 0 Å². The van der Waals surface area contributed by atoms with Crippen molar-refractivity contribution in [2.24, 2.45) is 0 Å². The number of anilines is 2. The fourth-order valence-electron chi connectivity index (χ4n) is 2.78. The van der Waals surface area contributed by atoms with Crippen LogP contribution in [0.4, 0.5) is 11.4 Å². The van der Waals surface area contributed by atoms with E-state index in [0.29, 0.717) is 10.1 Å². The zero-order valence-corrected chi connectivity index (χ0v) is 16.6. The van der Waals surface area contributed by atoms with Gasteiger partial charge < -0.3 is 10.6 Å². The first kappa shape index (κ1) is 18.4. The standard InChI is InChI=1S/C20H21ClN4S/c1-13-10-14(2)25(24-13)12-16-6-4-7-17(11-16)22-20(26)23-19-9-5-8-18(21)15(19)3/h4-11H,12H2,1-3H3,(H2,22,23,26). The number of nitrogens with one attached hydrogen (secondary N) is 2. The van der Waals surface area contributed by atoms with Crippen LogP contribution in [0.3, 0.4) is 0 Å². The minimum absolute atomic E-state index is 0.527. The van der Waals surface area contributed by atoms with E-state index in [1.165, 1.54) is 0 Å². The number of hydrogen-bond donors (Lipinski definition) is 2. The predicted octanol–water partition coefficient (Wildman–Crippen LogP) is 5.32. The normalized spacial score (nSPS) is 10.6. The Morgan fingerprint density at radius 3 is 2.58 bits per heavy atom. The van der Waals surface area contributed by atoms with Gasteiger partial charge in [-0.2, -0.15) is 5.10 Å². The third-order valence-corrected chi connectivity index (χ3v) is 4.75. The molecular formula is C20H21ClN4S. The molecule has 0 amide bonds. The summed E-state index contributed by atoms with van der Waals surface area (Å²) in [5.74, 6) is 0. The van der Waals surface area contributed by atoms with Crippen LogP contribution < -0.4 is 10.6 Å². The monoisotopic (exact) mass is 384 g/mol. The zero-order chi connectivity index (χ0) is 18.7. The van der Waals surface area contributed by atoms with Gasteiger partial charge in [0.15, 0.2) is 5.11 Å². The van der Waals surface area contributed by atoms with Crippen LogP contribution >= 0.6 is 23.8 Å². The first-order valence-corrected chi connectivity index (χ1v) is 9.14. The summed E-state index contributed by atoms with van der Waals surface area (Å²) in [6.07, 6.45) is 0. The van der Waals surface area contributed by atoms with Crippen LogP contribution in [0.2, 0.25) is 5.02 Å². The Morgan fingerprint density at radius 1 is 1.08 bits per heavy atom. The number of halogens is 1. The lowest BCUT2D eigenvalue weighted by molar-refractivity contribution is 0.659. The Balaban J connectivity index is 1.69. The molecule has 1 aromatic heterocycles. The molecule has 134 valence electrons. The summed E-state index contributed by atoms with van der Waals surface area (Å²) in [6.45, 7) is 6.75. The number of benzene rings is 2. The zero-order valence-electron chi connectivity index (χ0n) is 15.0. The second-order valence-corrected chi connectivity index (χ2v) is 7.09. The van der Waals surface area contributed by atoms with Crippen LogP contribution in [0.15, 0.2) is 48.5 Å². The molecule has 2 N–H and O–H groups in total. The first-order valence-electron chi connectivity index (χ1n) is 8.35. The van der Waals surface area contributed by atoms with Crippen molar-refractivity contribution < 1.29 is 0 Å². The molecule has 0 fully saturated rings. The van der Waals surface area contributed by atoms with E-state index in [4.69, 9.17) is 23.8 Å². The Kier molecular flexibility index (Phi) is 5.59. The first-order chi connectivity index (χ1) is 12.4. The molecule has 6 heteroatoms. The van der Waals surface area contributed by atoms with E-state index in [1.54, 1.807) is 0 Å². The van der Waals surface area contributed by atoms with E-state index >= 15 is 0 Å². The van der Waals surface area contributed by atoms with Gasteiger partial charge in [0, 0.05) is 22.1 Å². The van der Waals surface area contributed by atoms with Crippen molar-refractivity contribution in [3.63, 3.8) is 0 Å². The van der Waals surface area contributed by atoms with Gasteiger partial charge in [-0.15, -0.1) is 0 Å². The van der Waals surface area contributed by atoms with Gasteiger partial charge in [0.2, 0.25) is 0 Å². The van der Waals surface area contributed by atoms with Crippen LogP contribution in [-0.4, -0.2) is 14.9 Å². The third-order valence-electron chi connectivity index (χ3n) is 4.14. The van der Waals surface area contributed by atoms with Crippen molar-refractivity contribution in [3.05, 3.63) is 76.1 Å². The van der Waals surface area contributed by atoms with E-state index in [-0.39, 0.29) is 0 Å². The van der Waals surface area contributed by atoms with Crippen molar-refractivity contribution in [1.82, 2.24) is 9.78 Å². The maximum absolute atomic E-state index is 6.16. The maximum Gasteiger partial charge on any atom is 0.175 e. The topological polar surface area (TPSA) is 41.9 Å². The second-order valence-electron chi connectivity index (χ2n) is 6.28. The molecule has 0 aliphatic carbocycles. The Bertz CT molecular complexity index is 949. The molecule has 0 bridgehead atoms. The van der Waals surface area contributed by atoms with Crippen LogP contribution in [-0.2, 0) is 6.54 Å². The number of aromatic nitrogens is 2. The molecule has 0 unspecified atom stereocenters. The maximum atomic E-state index is 6.16. The van der Waals surface area contributed by atoms with Crippen molar-refractivity contribution in [2.75, 3.05) is 10.6 Å². The molecule has 0 radical (unpaired) electrons. The van der Waals surface area contributed by atoms with Gasteiger partial charge in [0.25, 0.3) is 0 Å². The SMILES string of the molecule is Cc1cc(C)n(Cc2cccc(NC(=S)Nc3cccc(Cl)c3C)c2)n1. The largest absolute Gasteiger partial charge is 0.332 e. The summed E-state index contributed by atoms with van der Waals surface area (Å²) in [6, 6.07) is 16.0. The highest BCUT2D eigenvalue weighted by atomic mass is 35.5. The molecule has 26 heavy (non-hydrogen) atoms. The van der Waals surface area contributed by atoms with Gasteiger partial charge in [0.1, 0.15) is 0 Å². The lowest BCUT2D eigenvalue weighted by Crippen LogP contribution is -2.19. The average Bonchev–Trinajstić information content (AvgIpc) is 2.89. The smallest absolute Gasteiger partial charge is 0.175 e. The molecule has 0 spiro atoms. The van der Waals surface area contributed by atoms with Crippen molar-refractivity contribution in [1.29, 1.82) is 0 Å². The van der Waals surface area contributed by atoms with Crippen molar-refractivity contribution in [2.45, 2.75) is 27.3 Å². The Morgan fingerprint density at radius 2 is 1.85 bits per heavy atom. The highest BCUT2D eigenvalue weighted by Crippen LogP contribution is 2.23. The number of nitrogens with zero attached hydrogens (tertiary/aromatic N) is 2. The third kappa shape index (κ3) is 4.42. The number of thiocarbonyl (C=S) groups is 1. The molecule has 4 nitrogen and oxygen atoms in total. The van der Waals surface area contributed by atoms with Gasteiger partial charge in [0.05, 0.1) is 12.2 Å². The van der Waals surface area contributed by atoms with Gasteiger partial charge in [-0.1, -0.05) is 29.8 Å². The lowest BCUT2D eigenvalue weighted by Gasteiger charge is -2.14. The van der Waals surface area contributed by atoms with Gasteiger partial charge in [-0.3, -0.25) is 4.68 Å². The summed E-state index contributed by atoms with van der Waals surface area (Å²) >= 11 is 11.6. The fraction of sp³-hybridized carbons (Fsp3) is 0.200. The molecule has 3 rings (SSSR count). The number of hydrogen-bond acceptors (Lipinski definition) is 2. The van der Waals surface area contributed by atoms with Gasteiger partial charge in [-0.05, 0) is 74.4 Å². The summed E-state index contributed by atoms with van der Waals surface area (Å²) in [5, 5.41) is 12.2. The van der Waals surface area contributed by atoms with Crippen LogP contribution in [0, 0.1) is 20.8 Å². The molecule has 0 saturated heterocycles. The summed E-state index contributed by atoms with van der Waals surface area (Å²) in [5.41, 5.74) is 6.13. The van der Waals surface area contributed by atoms with Crippen LogP contribution in [0.1, 0.15) is 22.5 Å². The molecule has 1 heterocycles. The van der Waals surface area contributed by atoms with E-state index in [1.807, 2.05) is 48.9 Å². The molecule has 2 aromatic carbocycles. The Hall–Kier alpha value is -2.37. The van der Waals surface area contributed by atoms with E-state index in [9.17, 15) is 0 Å². The highest BCUT2D eigenvalue weighted by molar-refractivity contribution is 7.80. The summed E-state index contributed by atoms with van der Waals surface area (Å²) in [4.78, 5) is 0. The van der Waals surface area contributed by atoms with Crippen molar-refractivity contribution >= 4 is 40.3 Å². The predicted molar refractivity (Wildman–Crippen MR) is 113 cm³/mol. The molecule has 0 atom stereocenters. The minimum atomic E-state index is 0.527. The molecular weight excluding hydrogens is 364 g/mol. The quantitative estimate of drug-likeness (QED) is 0.597. The molecule has 0 aliphatic rings. The van der Waals surface area contributed by atoms with E-state index in [2.05, 4.69) is 40.9 Å². The molecule has 0 saturated carbocycles. The van der Waals surface area contributed by atoms with Crippen LogP contribution in [0.5, 0.6) is 0 Å². The summed E-state index contributed by atoms with van der Waals surface area (Å²) < 4.78 is 2.00. The lowest BCUT2D eigenvalue weighted by atomic mass is 10.2. The minimum Gasteiger partial charge on any atom is -0.332 e. The molecule has 0 aliphatic heterocycles. The Labute approximate surface area is 164 Å². The fourth-order valence-corrected chi connectivity index (χ4v) is 3.19. The summed E-state index contributed by atoms with van der Waals surface area (Å²) in [7, 11) is 0. The number of rotatable bonds is 4. The van der Waals surface area contributed by atoms with Gasteiger partial charge in [-0.25, -0.2) is 0 Å². The second kappa shape index (κ2) is 7.89. The molecule has 3 aromatic rings. The van der Waals surface area contributed by atoms with E-state index < -0.39 is 0 Å².